The van der Waals surface area contributed by atoms with Crippen LogP contribution in [0.2, 0.25) is 0 Å². The van der Waals surface area contributed by atoms with E-state index in [4.69, 9.17) is 4.74 Å². The highest BCUT2D eigenvalue weighted by Crippen LogP contribution is 2.31. The van der Waals surface area contributed by atoms with Crippen LogP contribution >= 0.6 is 11.3 Å². The normalized spacial score (nSPS) is 26.4. The second-order valence-corrected chi connectivity index (χ2v) is 5.41. The van der Waals surface area contributed by atoms with Crippen LogP contribution in [0.4, 0.5) is 0 Å². The Morgan fingerprint density at radius 3 is 2.93 bits per heavy atom. The molecule has 1 atom stereocenters. The lowest BCUT2D eigenvalue weighted by Gasteiger charge is -2.36. The molecule has 1 aromatic rings. The molecule has 0 aromatic carbocycles. The van der Waals surface area contributed by atoms with Crippen LogP contribution in [0.5, 0.6) is 0 Å². The van der Waals surface area contributed by atoms with Crippen LogP contribution in [0.15, 0.2) is 11.4 Å². The van der Waals surface area contributed by atoms with Crippen molar-refractivity contribution in [1.82, 2.24) is 5.32 Å². The van der Waals surface area contributed by atoms with Gasteiger partial charge < -0.3 is 10.1 Å². The number of morpholine rings is 1. The van der Waals surface area contributed by atoms with E-state index in [2.05, 4.69) is 37.5 Å². The average molecular weight is 211 g/mol. The van der Waals surface area contributed by atoms with E-state index in [0.717, 1.165) is 13.1 Å². The molecule has 0 saturated carbocycles. The molecular weight excluding hydrogens is 194 g/mol. The number of hydrogen-bond acceptors (Lipinski definition) is 3. The molecule has 2 nitrogen and oxygen atoms in total. The standard InChI is InChI=1S/C11H17NOS/c1-8-4-5-14-10(8)9-6-12-7-11(2,3)13-9/h4-5,9,12H,6-7H2,1-3H3. The SMILES string of the molecule is Cc1ccsc1C1CNCC(C)(C)O1. The van der Waals surface area contributed by atoms with Gasteiger partial charge in [0.1, 0.15) is 6.10 Å². The van der Waals surface area contributed by atoms with Gasteiger partial charge in [0.25, 0.3) is 0 Å². The lowest BCUT2D eigenvalue weighted by atomic mass is 10.1. The minimum absolute atomic E-state index is 0.0423. The van der Waals surface area contributed by atoms with Crippen molar-refractivity contribution in [3.05, 3.63) is 21.9 Å². The fraction of sp³-hybridized carbons (Fsp3) is 0.636. The zero-order valence-electron chi connectivity index (χ0n) is 8.96. The van der Waals surface area contributed by atoms with Gasteiger partial charge in [0.15, 0.2) is 0 Å². The third-order valence-electron chi connectivity index (χ3n) is 2.54. The molecule has 2 heterocycles. The molecule has 0 amide bonds. The van der Waals surface area contributed by atoms with Crippen LogP contribution < -0.4 is 5.32 Å². The second-order valence-electron chi connectivity index (χ2n) is 4.46. The fourth-order valence-electron chi connectivity index (χ4n) is 1.83. The van der Waals surface area contributed by atoms with Gasteiger partial charge in [0, 0.05) is 18.0 Å². The van der Waals surface area contributed by atoms with Crippen molar-refractivity contribution in [2.24, 2.45) is 0 Å². The summed E-state index contributed by atoms with van der Waals surface area (Å²) >= 11 is 1.79. The van der Waals surface area contributed by atoms with E-state index in [9.17, 15) is 0 Å². The Hall–Kier alpha value is -0.380. The molecule has 1 aliphatic heterocycles. The Kier molecular flexibility index (Phi) is 2.64. The van der Waals surface area contributed by atoms with Crippen LogP contribution in [0.1, 0.15) is 30.4 Å². The van der Waals surface area contributed by atoms with Gasteiger partial charge in [0.05, 0.1) is 5.60 Å². The molecule has 14 heavy (non-hydrogen) atoms. The first-order chi connectivity index (χ1) is 6.58. The van der Waals surface area contributed by atoms with Crippen LogP contribution in [-0.2, 0) is 4.74 Å². The molecule has 3 heteroatoms. The average Bonchev–Trinajstić information content (AvgIpc) is 2.49. The summed E-state index contributed by atoms with van der Waals surface area (Å²) in [6.45, 7) is 8.29. The first kappa shape index (κ1) is 10.1. The topological polar surface area (TPSA) is 21.3 Å². The molecule has 1 fully saturated rings. The number of aryl methyl sites for hydroxylation is 1. The summed E-state index contributed by atoms with van der Waals surface area (Å²) in [6, 6.07) is 2.16. The van der Waals surface area contributed by atoms with Gasteiger partial charge >= 0.3 is 0 Å². The van der Waals surface area contributed by atoms with Crippen molar-refractivity contribution >= 4 is 11.3 Å². The van der Waals surface area contributed by atoms with Crippen molar-refractivity contribution in [1.29, 1.82) is 0 Å². The molecule has 0 spiro atoms. The van der Waals surface area contributed by atoms with Crippen molar-refractivity contribution in [3.63, 3.8) is 0 Å². The number of nitrogens with one attached hydrogen (secondary N) is 1. The zero-order chi connectivity index (χ0) is 10.2. The maximum absolute atomic E-state index is 6.05. The van der Waals surface area contributed by atoms with Crippen molar-refractivity contribution < 1.29 is 4.74 Å². The first-order valence-electron chi connectivity index (χ1n) is 5.01. The molecule has 1 saturated heterocycles. The van der Waals surface area contributed by atoms with Crippen molar-refractivity contribution in [2.75, 3.05) is 13.1 Å². The molecule has 2 rings (SSSR count). The van der Waals surface area contributed by atoms with Crippen molar-refractivity contribution in [2.45, 2.75) is 32.5 Å². The monoisotopic (exact) mass is 211 g/mol. The molecule has 1 aliphatic rings. The van der Waals surface area contributed by atoms with Crippen LogP contribution in [-0.4, -0.2) is 18.7 Å². The summed E-state index contributed by atoms with van der Waals surface area (Å²) in [5, 5.41) is 5.56. The summed E-state index contributed by atoms with van der Waals surface area (Å²) in [4.78, 5) is 1.37. The second kappa shape index (κ2) is 3.65. The summed E-state index contributed by atoms with van der Waals surface area (Å²) < 4.78 is 6.05. The van der Waals surface area contributed by atoms with E-state index in [1.807, 2.05) is 0 Å². The lowest BCUT2D eigenvalue weighted by Crippen LogP contribution is -2.46. The van der Waals surface area contributed by atoms with Crippen molar-refractivity contribution in [3.8, 4) is 0 Å². The lowest BCUT2D eigenvalue weighted by molar-refractivity contribution is -0.0946. The molecule has 0 radical (unpaired) electrons. The number of ether oxygens (including phenoxy) is 1. The highest BCUT2D eigenvalue weighted by atomic mass is 32.1. The Balaban J connectivity index is 2.16. The highest BCUT2D eigenvalue weighted by molar-refractivity contribution is 7.10. The van der Waals surface area contributed by atoms with Crippen LogP contribution in [0.25, 0.3) is 0 Å². The summed E-state index contributed by atoms with van der Waals surface area (Å²) in [6.07, 6.45) is 0.235. The molecule has 0 aliphatic carbocycles. The number of hydrogen-bond donors (Lipinski definition) is 1. The predicted molar refractivity (Wildman–Crippen MR) is 59.8 cm³/mol. The molecule has 1 unspecified atom stereocenters. The molecule has 0 bridgehead atoms. The van der Waals surface area contributed by atoms with E-state index in [1.54, 1.807) is 11.3 Å². The maximum atomic E-state index is 6.05. The van der Waals surface area contributed by atoms with E-state index < -0.39 is 0 Å². The molecule has 1 aromatic heterocycles. The Bertz CT molecular complexity index is 319. The van der Waals surface area contributed by atoms with Gasteiger partial charge in [-0.15, -0.1) is 11.3 Å². The Morgan fingerprint density at radius 2 is 2.36 bits per heavy atom. The quantitative estimate of drug-likeness (QED) is 0.770. The molecule has 78 valence electrons. The van der Waals surface area contributed by atoms with Crippen LogP contribution in [0.3, 0.4) is 0 Å². The number of thiophene rings is 1. The van der Waals surface area contributed by atoms with E-state index >= 15 is 0 Å². The molecule has 1 N–H and O–H groups in total. The summed E-state index contributed by atoms with van der Waals surface area (Å²) in [5.41, 5.74) is 1.30. The zero-order valence-corrected chi connectivity index (χ0v) is 9.78. The fourth-order valence-corrected chi connectivity index (χ4v) is 2.79. The maximum Gasteiger partial charge on any atom is 0.105 e. The van der Waals surface area contributed by atoms with E-state index in [0.29, 0.717) is 0 Å². The highest BCUT2D eigenvalue weighted by Gasteiger charge is 2.30. The minimum atomic E-state index is -0.0423. The summed E-state index contributed by atoms with van der Waals surface area (Å²) in [7, 11) is 0. The third-order valence-corrected chi connectivity index (χ3v) is 3.65. The Labute approximate surface area is 89.3 Å². The van der Waals surface area contributed by atoms with E-state index in [-0.39, 0.29) is 11.7 Å². The van der Waals surface area contributed by atoms with Gasteiger partial charge in [-0.3, -0.25) is 0 Å². The largest absolute Gasteiger partial charge is 0.364 e. The van der Waals surface area contributed by atoms with Crippen LogP contribution in [0, 0.1) is 6.92 Å². The summed E-state index contributed by atoms with van der Waals surface area (Å²) in [5.74, 6) is 0. The number of rotatable bonds is 1. The van der Waals surface area contributed by atoms with Gasteiger partial charge in [-0.25, -0.2) is 0 Å². The molecular formula is C11H17NOS. The smallest absolute Gasteiger partial charge is 0.105 e. The van der Waals surface area contributed by atoms with Gasteiger partial charge in [-0.1, -0.05) is 0 Å². The van der Waals surface area contributed by atoms with Gasteiger partial charge in [0.2, 0.25) is 0 Å². The van der Waals surface area contributed by atoms with Gasteiger partial charge in [-0.05, 0) is 37.8 Å². The minimum Gasteiger partial charge on any atom is -0.364 e. The van der Waals surface area contributed by atoms with E-state index in [1.165, 1.54) is 10.4 Å². The first-order valence-corrected chi connectivity index (χ1v) is 5.89. The van der Waals surface area contributed by atoms with Gasteiger partial charge in [-0.2, -0.15) is 0 Å². The predicted octanol–water partition coefficient (Wildman–Crippen LogP) is 2.50. The third kappa shape index (κ3) is 2.00. The Morgan fingerprint density at radius 1 is 1.57 bits per heavy atom.